The van der Waals surface area contributed by atoms with Crippen LogP contribution in [0.15, 0.2) is 0 Å². The molecular weight excluding hydrogens is 250 g/mol. The quantitative estimate of drug-likeness (QED) is 0.717. The highest BCUT2D eigenvalue weighted by Crippen LogP contribution is 2.19. The van der Waals surface area contributed by atoms with Gasteiger partial charge in [-0.15, -0.1) is 5.10 Å². The van der Waals surface area contributed by atoms with E-state index in [-0.39, 0.29) is 0 Å². The summed E-state index contributed by atoms with van der Waals surface area (Å²) in [5, 5.41) is 7.46. The van der Waals surface area contributed by atoms with Gasteiger partial charge in [0.15, 0.2) is 0 Å². The van der Waals surface area contributed by atoms with E-state index in [0.29, 0.717) is 5.92 Å². The fraction of sp³-hybridized carbons (Fsp3) is 0.867. The van der Waals surface area contributed by atoms with Crippen LogP contribution < -0.4 is 10.6 Å². The molecule has 1 fully saturated rings. The molecule has 5 heteroatoms. The maximum Gasteiger partial charge on any atom is 0.244 e. The van der Waals surface area contributed by atoms with E-state index in [9.17, 15) is 0 Å². The predicted octanol–water partition coefficient (Wildman–Crippen LogP) is 2.49. The first-order valence-electron chi connectivity index (χ1n) is 8.19. The molecule has 0 saturated carbocycles. The van der Waals surface area contributed by atoms with Gasteiger partial charge in [0.2, 0.25) is 5.95 Å². The molecule has 20 heavy (non-hydrogen) atoms. The third kappa shape index (κ3) is 4.47. The van der Waals surface area contributed by atoms with Crippen molar-refractivity contribution in [2.45, 2.75) is 58.3 Å². The monoisotopic (exact) mass is 279 g/mol. The average Bonchev–Trinajstić information content (AvgIpc) is 2.96. The van der Waals surface area contributed by atoms with Crippen LogP contribution >= 0.6 is 0 Å². The van der Waals surface area contributed by atoms with Gasteiger partial charge in [-0.25, -0.2) is 0 Å². The van der Waals surface area contributed by atoms with E-state index in [4.69, 9.17) is 5.73 Å². The lowest BCUT2D eigenvalue weighted by Crippen LogP contribution is -2.36. The summed E-state index contributed by atoms with van der Waals surface area (Å²) < 4.78 is 0. The minimum atomic E-state index is 0.684. The zero-order valence-corrected chi connectivity index (χ0v) is 12.8. The van der Waals surface area contributed by atoms with Crippen LogP contribution in [-0.4, -0.2) is 34.8 Å². The molecule has 1 aromatic rings. The second kappa shape index (κ2) is 8.25. The Morgan fingerprint density at radius 2 is 1.95 bits per heavy atom. The summed E-state index contributed by atoms with van der Waals surface area (Å²) in [5.41, 5.74) is 5.73. The Hall–Kier alpha value is -1.10. The van der Waals surface area contributed by atoms with Gasteiger partial charge < -0.3 is 10.6 Å². The number of hydrogen-bond donors (Lipinski definition) is 2. The van der Waals surface area contributed by atoms with E-state index < -0.39 is 0 Å². The maximum atomic E-state index is 5.73. The first kappa shape index (κ1) is 15.3. The molecule has 0 amide bonds. The van der Waals surface area contributed by atoms with Crippen molar-refractivity contribution in [2.75, 3.05) is 24.5 Å². The Kier molecular flexibility index (Phi) is 6.30. The summed E-state index contributed by atoms with van der Waals surface area (Å²) >= 11 is 0. The Balaban J connectivity index is 1.72. The minimum Gasteiger partial charge on any atom is -0.340 e. The first-order valence-corrected chi connectivity index (χ1v) is 8.19. The molecule has 1 aromatic heterocycles. The van der Waals surface area contributed by atoms with Crippen molar-refractivity contribution < 1.29 is 0 Å². The number of hydrogen-bond acceptors (Lipinski definition) is 4. The topological polar surface area (TPSA) is 70.8 Å². The van der Waals surface area contributed by atoms with Crippen molar-refractivity contribution in [3.63, 3.8) is 0 Å². The number of nitrogens with two attached hydrogens (primary N) is 1. The van der Waals surface area contributed by atoms with Gasteiger partial charge >= 0.3 is 0 Å². The van der Waals surface area contributed by atoms with E-state index >= 15 is 0 Å². The first-order chi connectivity index (χ1) is 9.83. The number of unbranched alkanes of at least 4 members (excludes halogenated alkanes) is 4. The molecule has 0 spiro atoms. The Morgan fingerprint density at radius 1 is 1.20 bits per heavy atom. The molecular formula is C15H29N5. The Morgan fingerprint density at radius 3 is 2.65 bits per heavy atom. The molecule has 2 heterocycles. The largest absolute Gasteiger partial charge is 0.340 e. The molecule has 5 nitrogen and oxygen atoms in total. The standard InChI is InChI=1S/C15H29N5/c1-2-3-4-5-6-7-14-17-15(19-18-14)20-10-8-13(12-16)9-11-20/h13H,2-12,16H2,1H3,(H,17,18,19). The molecule has 0 bridgehead atoms. The normalized spacial score (nSPS) is 16.8. The van der Waals surface area contributed by atoms with Crippen molar-refractivity contribution in [1.82, 2.24) is 15.2 Å². The number of anilines is 1. The number of aromatic amines is 1. The molecule has 2 rings (SSSR count). The fourth-order valence-corrected chi connectivity index (χ4v) is 2.80. The van der Waals surface area contributed by atoms with Crippen molar-refractivity contribution in [2.24, 2.45) is 11.7 Å². The Bertz CT molecular complexity index is 368. The summed E-state index contributed by atoms with van der Waals surface area (Å²) in [4.78, 5) is 6.91. The van der Waals surface area contributed by atoms with E-state index in [2.05, 4.69) is 27.0 Å². The highest BCUT2D eigenvalue weighted by atomic mass is 15.4. The van der Waals surface area contributed by atoms with Gasteiger partial charge in [0.05, 0.1) is 0 Å². The van der Waals surface area contributed by atoms with Crippen molar-refractivity contribution >= 4 is 5.95 Å². The number of H-pyrrole nitrogens is 1. The summed E-state index contributed by atoms with van der Waals surface area (Å²) in [7, 11) is 0. The van der Waals surface area contributed by atoms with E-state index in [1.807, 2.05) is 0 Å². The SMILES string of the molecule is CCCCCCCc1nc(N2CCC(CN)CC2)n[nH]1. The van der Waals surface area contributed by atoms with Crippen LogP contribution in [0.5, 0.6) is 0 Å². The third-order valence-corrected chi connectivity index (χ3v) is 4.27. The molecule has 0 aromatic carbocycles. The second-order valence-electron chi connectivity index (χ2n) is 5.91. The molecule has 0 unspecified atom stereocenters. The molecule has 0 atom stereocenters. The van der Waals surface area contributed by atoms with Gasteiger partial charge in [0, 0.05) is 19.5 Å². The van der Waals surface area contributed by atoms with Gasteiger partial charge in [-0.2, -0.15) is 4.98 Å². The van der Waals surface area contributed by atoms with Crippen molar-refractivity contribution in [1.29, 1.82) is 0 Å². The van der Waals surface area contributed by atoms with E-state index in [1.54, 1.807) is 0 Å². The van der Waals surface area contributed by atoms with Gasteiger partial charge in [0.1, 0.15) is 5.82 Å². The lowest BCUT2D eigenvalue weighted by molar-refractivity contribution is 0.411. The molecule has 0 radical (unpaired) electrons. The molecule has 3 N–H and O–H groups in total. The van der Waals surface area contributed by atoms with Crippen molar-refractivity contribution in [3.05, 3.63) is 5.82 Å². The summed E-state index contributed by atoms with van der Waals surface area (Å²) in [6, 6.07) is 0. The highest BCUT2D eigenvalue weighted by Gasteiger charge is 2.20. The lowest BCUT2D eigenvalue weighted by atomic mass is 9.97. The van der Waals surface area contributed by atoms with Crippen molar-refractivity contribution in [3.8, 4) is 0 Å². The smallest absolute Gasteiger partial charge is 0.244 e. The number of aromatic nitrogens is 3. The molecule has 0 aliphatic carbocycles. The van der Waals surface area contributed by atoms with Crippen LogP contribution in [0.2, 0.25) is 0 Å². The van der Waals surface area contributed by atoms with Crippen LogP contribution in [0.25, 0.3) is 0 Å². The molecule has 1 saturated heterocycles. The van der Waals surface area contributed by atoms with E-state index in [1.165, 1.54) is 32.1 Å². The summed E-state index contributed by atoms with van der Waals surface area (Å²) in [6.07, 6.45) is 9.84. The second-order valence-corrected chi connectivity index (χ2v) is 5.91. The van der Waals surface area contributed by atoms with Crippen LogP contribution in [0, 0.1) is 5.92 Å². The Labute approximate surface area is 122 Å². The summed E-state index contributed by atoms with van der Waals surface area (Å²) in [5.74, 6) is 2.60. The third-order valence-electron chi connectivity index (χ3n) is 4.27. The van der Waals surface area contributed by atoms with Crippen LogP contribution in [0.1, 0.15) is 57.7 Å². The van der Waals surface area contributed by atoms with Gasteiger partial charge in [0.25, 0.3) is 0 Å². The van der Waals surface area contributed by atoms with Gasteiger partial charge in [-0.05, 0) is 31.7 Å². The zero-order chi connectivity index (χ0) is 14.2. The molecule has 1 aliphatic rings. The maximum absolute atomic E-state index is 5.73. The van der Waals surface area contributed by atoms with Gasteiger partial charge in [-0.3, -0.25) is 5.10 Å². The average molecular weight is 279 g/mol. The van der Waals surface area contributed by atoms with E-state index in [0.717, 1.165) is 50.7 Å². The number of rotatable bonds is 8. The zero-order valence-electron chi connectivity index (χ0n) is 12.8. The predicted molar refractivity (Wildman–Crippen MR) is 82.8 cm³/mol. The highest BCUT2D eigenvalue weighted by molar-refractivity contribution is 5.29. The summed E-state index contributed by atoms with van der Waals surface area (Å²) in [6.45, 7) is 5.13. The molecule has 114 valence electrons. The lowest BCUT2D eigenvalue weighted by Gasteiger charge is -2.30. The minimum absolute atomic E-state index is 0.684. The van der Waals surface area contributed by atoms with Crippen LogP contribution in [0.4, 0.5) is 5.95 Å². The van der Waals surface area contributed by atoms with Crippen LogP contribution in [-0.2, 0) is 6.42 Å². The fourth-order valence-electron chi connectivity index (χ4n) is 2.80. The van der Waals surface area contributed by atoms with Crippen LogP contribution in [0.3, 0.4) is 0 Å². The molecule has 1 aliphatic heterocycles. The number of aryl methyl sites for hydroxylation is 1. The number of nitrogens with zero attached hydrogens (tertiary/aromatic N) is 3. The number of piperidine rings is 1. The number of nitrogens with one attached hydrogen (secondary N) is 1. The van der Waals surface area contributed by atoms with Gasteiger partial charge in [-0.1, -0.05) is 32.6 Å².